The molecule has 0 atom stereocenters. The van der Waals surface area contributed by atoms with E-state index in [9.17, 15) is 23.3 Å². The van der Waals surface area contributed by atoms with Crippen molar-refractivity contribution in [3.8, 4) is 5.75 Å². The summed E-state index contributed by atoms with van der Waals surface area (Å²) in [6.07, 6.45) is -4.17. The number of halogens is 4. The van der Waals surface area contributed by atoms with Crippen LogP contribution in [0.15, 0.2) is 6.20 Å². The second-order valence-corrected chi connectivity index (χ2v) is 3.25. The molecule has 5 nitrogen and oxygen atoms in total. The van der Waals surface area contributed by atoms with Crippen LogP contribution in [0, 0.1) is 17.0 Å². The van der Waals surface area contributed by atoms with E-state index in [2.05, 4.69) is 9.72 Å². The maximum Gasteiger partial charge on any atom is 0.573 e. The average Bonchev–Trinajstić information content (AvgIpc) is 2.18. The van der Waals surface area contributed by atoms with Gasteiger partial charge in [-0.25, -0.2) is 4.98 Å². The number of nitro groups is 1. The number of ether oxygens (including phenoxy) is 1. The molecular weight excluding hydrogens is 265 g/mol. The van der Waals surface area contributed by atoms with Gasteiger partial charge in [-0.2, -0.15) is 0 Å². The van der Waals surface area contributed by atoms with Crippen LogP contribution in [-0.2, 0) is 5.88 Å². The normalized spacial score (nSPS) is 11.4. The Morgan fingerprint density at radius 3 is 2.59 bits per heavy atom. The third-order valence-corrected chi connectivity index (χ3v) is 2.12. The van der Waals surface area contributed by atoms with Crippen molar-refractivity contribution >= 4 is 17.3 Å². The third kappa shape index (κ3) is 3.19. The molecule has 0 aliphatic rings. The summed E-state index contributed by atoms with van der Waals surface area (Å²) in [5, 5.41) is 10.7. The van der Waals surface area contributed by atoms with E-state index >= 15 is 0 Å². The van der Waals surface area contributed by atoms with E-state index in [-0.39, 0.29) is 17.1 Å². The summed E-state index contributed by atoms with van der Waals surface area (Å²) in [5.74, 6) is -0.984. The monoisotopic (exact) mass is 270 g/mol. The zero-order valence-corrected chi connectivity index (χ0v) is 9.17. The molecule has 0 aromatic carbocycles. The summed E-state index contributed by atoms with van der Waals surface area (Å²) in [6.45, 7) is 1.14. The van der Waals surface area contributed by atoms with Crippen LogP contribution in [0.25, 0.3) is 0 Å². The summed E-state index contributed by atoms with van der Waals surface area (Å²) >= 11 is 5.40. The highest BCUT2D eigenvalue weighted by atomic mass is 35.5. The lowest BCUT2D eigenvalue weighted by atomic mass is 10.2. The molecule has 0 aliphatic heterocycles. The molecule has 1 aromatic rings. The standard InChI is InChI=1S/C8H6ClF3N2O3/c1-4-6(17-8(10,11)12)3-13-5(2-9)7(4)14(15)16/h3H,2H2,1H3. The fourth-order valence-corrected chi connectivity index (χ4v) is 1.39. The lowest BCUT2D eigenvalue weighted by Crippen LogP contribution is -2.18. The molecule has 1 aromatic heterocycles. The van der Waals surface area contributed by atoms with Crippen molar-refractivity contribution in [3.63, 3.8) is 0 Å². The Hall–Kier alpha value is -1.57. The minimum absolute atomic E-state index is 0.108. The smallest absolute Gasteiger partial charge is 0.404 e. The second kappa shape index (κ2) is 4.74. The zero-order chi connectivity index (χ0) is 13.2. The fourth-order valence-electron chi connectivity index (χ4n) is 1.20. The number of hydrogen-bond donors (Lipinski definition) is 0. The van der Waals surface area contributed by atoms with Crippen molar-refractivity contribution in [2.24, 2.45) is 0 Å². The molecular formula is C8H6ClF3N2O3. The molecule has 94 valence electrons. The Morgan fingerprint density at radius 1 is 1.59 bits per heavy atom. The third-order valence-electron chi connectivity index (χ3n) is 1.87. The molecule has 0 N–H and O–H groups in total. The van der Waals surface area contributed by atoms with Gasteiger partial charge < -0.3 is 4.74 Å². The average molecular weight is 271 g/mol. The molecule has 1 rings (SSSR count). The van der Waals surface area contributed by atoms with E-state index in [1.165, 1.54) is 0 Å². The van der Waals surface area contributed by atoms with Crippen molar-refractivity contribution in [3.05, 3.63) is 27.6 Å². The van der Waals surface area contributed by atoms with Gasteiger partial charge in [-0.1, -0.05) is 0 Å². The number of nitrogens with zero attached hydrogens (tertiary/aromatic N) is 2. The number of aromatic nitrogens is 1. The molecule has 0 fully saturated rings. The summed E-state index contributed by atoms with van der Waals surface area (Å²) in [7, 11) is 0. The van der Waals surface area contributed by atoms with Crippen LogP contribution in [0.4, 0.5) is 18.9 Å². The Bertz CT molecular complexity index is 450. The van der Waals surface area contributed by atoms with Gasteiger partial charge in [0.25, 0.3) is 5.69 Å². The van der Waals surface area contributed by atoms with Gasteiger partial charge in [0.1, 0.15) is 5.69 Å². The Balaban J connectivity index is 3.28. The topological polar surface area (TPSA) is 65.3 Å². The van der Waals surface area contributed by atoms with Crippen molar-refractivity contribution in [2.45, 2.75) is 19.2 Å². The molecule has 0 radical (unpaired) electrons. The Morgan fingerprint density at radius 2 is 2.18 bits per heavy atom. The lowest BCUT2D eigenvalue weighted by Gasteiger charge is -2.11. The van der Waals surface area contributed by atoms with Crippen LogP contribution < -0.4 is 4.74 Å². The minimum atomic E-state index is -4.93. The van der Waals surface area contributed by atoms with Crippen LogP contribution in [0.5, 0.6) is 5.75 Å². The first kappa shape index (κ1) is 13.5. The zero-order valence-electron chi connectivity index (χ0n) is 8.42. The van der Waals surface area contributed by atoms with Gasteiger partial charge in [-0.3, -0.25) is 10.1 Å². The molecule has 9 heteroatoms. The number of rotatable bonds is 3. The summed E-state index contributed by atoms with van der Waals surface area (Å²) in [6, 6.07) is 0. The largest absolute Gasteiger partial charge is 0.573 e. The first-order valence-corrected chi connectivity index (χ1v) is 4.74. The van der Waals surface area contributed by atoms with E-state index in [4.69, 9.17) is 11.6 Å². The first-order valence-electron chi connectivity index (χ1n) is 4.21. The number of pyridine rings is 1. The van der Waals surface area contributed by atoms with Crippen LogP contribution in [0.1, 0.15) is 11.3 Å². The predicted molar refractivity (Wildman–Crippen MR) is 51.9 cm³/mol. The summed E-state index contributed by atoms with van der Waals surface area (Å²) in [4.78, 5) is 13.3. The lowest BCUT2D eigenvalue weighted by molar-refractivity contribution is -0.386. The summed E-state index contributed by atoms with van der Waals surface area (Å²) < 4.78 is 39.6. The van der Waals surface area contributed by atoms with Crippen molar-refractivity contribution in [1.29, 1.82) is 0 Å². The molecule has 0 aliphatic carbocycles. The maximum atomic E-state index is 12.0. The highest BCUT2D eigenvalue weighted by Gasteiger charge is 2.34. The van der Waals surface area contributed by atoms with Crippen LogP contribution in [0.3, 0.4) is 0 Å². The molecule has 0 saturated carbocycles. The van der Waals surface area contributed by atoms with Gasteiger partial charge in [0.2, 0.25) is 0 Å². The molecule has 17 heavy (non-hydrogen) atoms. The van der Waals surface area contributed by atoms with Crippen LogP contribution >= 0.6 is 11.6 Å². The van der Waals surface area contributed by atoms with Crippen molar-refractivity contribution in [2.75, 3.05) is 0 Å². The fraction of sp³-hybridized carbons (Fsp3) is 0.375. The van der Waals surface area contributed by atoms with E-state index in [1.807, 2.05) is 0 Å². The van der Waals surface area contributed by atoms with Crippen molar-refractivity contribution < 1.29 is 22.8 Å². The Kier molecular flexibility index (Phi) is 3.76. The van der Waals surface area contributed by atoms with Crippen LogP contribution in [-0.4, -0.2) is 16.3 Å². The summed E-state index contributed by atoms with van der Waals surface area (Å²) in [5.41, 5.74) is -0.941. The number of alkyl halides is 4. The molecule has 0 bridgehead atoms. The molecule has 0 amide bonds. The van der Waals surface area contributed by atoms with E-state index in [0.717, 1.165) is 13.1 Å². The molecule has 0 spiro atoms. The quantitative estimate of drug-likeness (QED) is 0.481. The van der Waals surface area contributed by atoms with Gasteiger partial charge in [-0.15, -0.1) is 24.8 Å². The minimum Gasteiger partial charge on any atom is -0.404 e. The van der Waals surface area contributed by atoms with Gasteiger partial charge in [0.15, 0.2) is 5.75 Å². The Labute approximate surface area is 98.3 Å². The molecule has 0 saturated heterocycles. The molecule has 0 unspecified atom stereocenters. The highest BCUT2D eigenvalue weighted by molar-refractivity contribution is 6.17. The second-order valence-electron chi connectivity index (χ2n) is 2.98. The van der Waals surface area contributed by atoms with Gasteiger partial charge in [-0.05, 0) is 6.92 Å². The predicted octanol–water partition coefficient (Wildman–Crippen LogP) is 2.94. The number of hydrogen-bond acceptors (Lipinski definition) is 4. The maximum absolute atomic E-state index is 12.0. The van der Waals surface area contributed by atoms with E-state index in [1.54, 1.807) is 0 Å². The van der Waals surface area contributed by atoms with Gasteiger partial charge in [0, 0.05) is 0 Å². The van der Waals surface area contributed by atoms with E-state index in [0.29, 0.717) is 0 Å². The molecule has 1 heterocycles. The van der Waals surface area contributed by atoms with Gasteiger partial charge in [0.05, 0.1) is 22.6 Å². The van der Waals surface area contributed by atoms with E-state index < -0.39 is 22.7 Å². The first-order chi connectivity index (χ1) is 7.76. The van der Waals surface area contributed by atoms with Gasteiger partial charge >= 0.3 is 6.36 Å². The van der Waals surface area contributed by atoms with Crippen LogP contribution in [0.2, 0.25) is 0 Å². The highest BCUT2D eigenvalue weighted by Crippen LogP contribution is 2.33. The SMILES string of the molecule is Cc1c(OC(F)(F)F)cnc(CCl)c1[N+](=O)[O-]. The van der Waals surface area contributed by atoms with Crippen molar-refractivity contribution in [1.82, 2.24) is 4.98 Å².